The fraction of sp³-hybridized carbons (Fsp3) is 0.667. The van der Waals surface area contributed by atoms with Gasteiger partial charge in [-0.05, 0) is 19.3 Å². The van der Waals surface area contributed by atoms with Gasteiger partial charge in [-0.2, -0.15) is 0 Å². The Kier molecular flexibility index (Phi) is 3.27. The first-order valence-electron chi connectivity index (χ1n) is 5.86. The molecular weight excluding hydrogens is 206 g/mol. The molecule has 0 aromatic heterocycles. The van der Waals surface area contributed by atoms with E-state index < -0.39 is 0 Å². The van der Waals surface area contributed by atoms with Crippen molar-refractivity contribution in [3.63, 3.8) is 0 Å². The largest absolute Gasteiger partial charge is 0.444 e. The summed E-state index contributed by atoms with van der Waals surface area (Å²) in [6.07, 6.45) is 7.25. The number of likely N-dealkylation sites (tertiary alicyclic amines) is 1. The summed E-state index contributed by atoms with van der Waals surface area (Å²) in [5.74, 6) is 0.0343. The standard InChI is InChI=1S/C12H17NO3/c1-2-5-11(14)16-8-13-10-7-4-3-6-9(10)12(13)15/h4,7,9-10H,2-3,5-6,8H2,1H3/t9-,10+/m1/s1. The van der Waals surface area contributed by atoms with E-state index in [0.717, 1.165) is 19.3 Å². The Labute approximate surface area is 95.2 Å². The first-order chi connectivity index (χ1) is 7.74. The van der Waals surface area contributed by atoms with Gasteiger partial charge in [0.2, 0.25) is 5.91 Å². The third kappa shape index (κ3) is 1.96. The van der Waals surface area contributed by atoms with Crippen LogP contribution in [-0.2, 0) is 14.3 Å². The van der Waals surface area contributed by atoms with Crippen LogP contribution in [0.2, 0.25) is 0 Å². The monoisotopic (exact) mass is 223 g/mol. The van der Waals surface area contributed by atoms with Crippen LogP contribution in [0.3, 0.4) is 0 Å². The molecule has 0 aromatic rings. The molecule has 1 saturated heterocycles. The molecule has 2 atom stereocenters. The van der Waals surface area contributed by atoms with Crippen molar-refractivity contribution in [2.75, 3.05) is 6.73 Å². The van der Waals surface area contributed by atoms with Crippen molar-refractivity contribution in [3.8, 4) is 0 Å². The van der Waals surface area contributed by atoms with E-state index >= 15 is 0 Å². The summed E-state index contributed by atoms with van der Waals surface area (Å²) in [6, 6.07) is 0.163. The molecule has 1 amide bonds. The Morgan fingerprint density at radius 3 is 3.19 bits per heavy atom. The summed E-state index contributed by atoms with van der Waals surface area (Å²) in [7, 11) is 0. The topological polar surface area (TPSA) is 46.6 Å². The number of amides is 1. The van der Waals surface area contributed by atoms with Crippen molar-refractivity contribution in [3.05, 3.63) is 12.2 Å². The molecule has 2 rings (SSSR count). The fourth-order valence-electron chi connectivity index (χ4n) is 2.25. The molecule has 4 heteroatoms. The van der Waals surface area contributed by atoms with E-state index in [-0.39, 0.29) is 30.6 Å². The lowest BCUT2D eigenvalue weighted by Gasteiger charge is -2.46. The summed E-state index contributed by atoms with van der Waals surface area (Å²) >= 11 is 0. The fourth-order valence-corrected chi connectivity index (χ4v) is 2.25. The van der Waals surface area contributed by atoms with Gasteiger partial charge in [0, 0.05) is 6.42 Å². The normalized spacial score (nSPS) is 27.3. The molecule has 0 aromatic carbocycles. The second-order valence-electron chi connectivity index (χ2n) is 4.31. The third-order valence-electron chi connectivity index (χ3n) is 3.17. The highest BCUT2D eigenvalue weighted by Gasteiger charge is 2.46. The van der Waals surface area contributed by atoms with Gasteiger partial charge in [-0.3, -0.25) is 9.59 Å². The molecule has 0 unspecified atom stereocenters. The van der Waals surface area contributed by atoms with Gasteiger partial charge in [-0.15, -0.1) is 0 Å². The van der Waals surface area contributed by atoms with Crippen molar-refractivity contribution in [2.45, 2.75) is 38.6 Å². The molecule has 16 heavy (non-hydrogen) atoms. The second kappa shape index (κ2) is 4.68. The second-order valence-corrected chi connectivity index (χ2v) is 4.31. The van der Waals surface area contributed by atoms with Gasteiger partial charge < -0.3 is 9.64 Å². The van der Waals surface area contributed by atoms with Crippen LogP contribution < -0.4 is 0 Å². The zero-order valence-corrected chi connectivity index (χ0v) is 9.52. The predicted octanol–water partition coefficient (Wildman–Crippen LogP) is 1.46. The first kappa shape index (κ1) is 11.2. The molecule has 1 aliphatic carbocycles. The maximum Gasteiger partial charge on any atom is 0.307 e. The van der Waals surface area contributed by atoms with Gasteiger partial charge in [-0.1, -0.05) is 19.1 Å². The molecule has 1 fully saturated rings. The molecule has 0 N–H and O–H groups in total. The van der Waals surface area contributed by atoms with Crippen molar-refractivity contribution in [2.24, 2.45) is 5.92 Å². The number of allylic oxidation sites excluding steroid dienone is 1. The average Bonchev–Trinajstić information content (AvgIpc) is 2.29. The lowest BCUT2D eigenvalue weighted by Crippen LogP contribution is -2.61. The number of rotatable bonds is 4. The summed E-state index contributed by atoms with van der Waals surface area (Å²) < 4.78 is 5.04. The lowest BCUT2D eigenvalue weighted by atomic mass is 9.80. The number of β-lactam (4-membered cyclic amide) rings is 1. The van der Waals surface area contributed by atoms with Crippen LogP contribution in [0.25, 0.3) is 0 Å². The van der Waals surface area contributed by atoms with Crippen LogP contribution in [0.4, 0.5) is 0 Å². The number of carbonyl (C=O) groups is 2. The molecule has 0 saturated carbocycles. The first-order valence-corrected chi connectivity index (χ1v) is 5.86. The Morgan fingerprint density at radius 2 is 2.44 bits per heavy atom. The van der Waals surface area contributed by atoms with Crippen LogP contribution in [0.15, 0.2) is 12.2 Å². The van der Waals surface area contributed by atoms with Gasteiger partial charge in [0.15, 0.2) is 6.73 Å². The Bertz CT molecular complexity index is 324. The summed E-state index contributed by atoms with van der Waals surface area (Å²) in [6.45, 7) is 2.04. The maximum absolute atomic E-state index is 11.7. The van der Waals surface area contributed by atoms with Gasteiger partial charge in [0.1, 0.15) is 0 Å². The van der Waals surface area contributed by atoms with Crippen molar-refractivity contribution < 1.29 is 14.3 Å². The number of carbonyl (C=O) groups excluding carboxylic acids is 2. The highest BCUT2D eigenvalue weighted by atomic mass is 16.5. The van der Waals surface area contributed by atoms with E-state index in [1.165, 1.54) is 0 Å². The minimum absolute atomic E-state index is 0.114. The van der Waals surface area contributed by atoms with Crippen molar-refractivity contribution in [1.82, 2.24) is 4.90 Å². The van der Waals surface area contributed by atoms with Crippen LogP contribution in [0.5, 0.6) is 0 Å². The Hall–Kier alpha value is -1.32. The van der Waals surface area contributed by atoms with Gasteiger partial charge in [-0.25, -0.2) is 0 Å². The molecule has 0 radical (unpaired) electrons. The van der Waals surface area contributed by atoms with Crippen LogP contribution >= 0.6 is 0 Å². The van der Waals surface area contributed by atoms with Crippen molar-refractivity contribution in [1.29, 1.82) is 0 Å². The Morgan fingerprint density at radius 1 is 1.62 bits per heavy atom. The van der Waals surface area contributed by atoms with Crippen LogP contribution in [0, 0.1) is 5.92 Å². The molecule has 1 aliphatic heterocycles. The van der Waals surface area contributed by atoms with E-state index in [0.29, 0.717) is 6.42 Å². The zero-order chi connectivity index (χ0) is 11.5. The number of hydrogen-bond acceptors (Lipinski definition) is 3. The number of hydrogen-bond donors (Lipinski definition) is 0. The van der Waals surface area contributed by atoms with Gasteiger partial charge in [0.25, 0.3) is 0 Å². The highest BCUT2D eigenvalue weighted by molar-refractivity contribution is 5.87. The quantitative estimate of drug-likeness (QED) is 0.412. The molecule has 0 spiro atoms. The number of ether oxygens (including phenoxy) is 1. The Balaban J connectivity index is 1.82. The SMILES string of the molecule is CCCC(=O)OCN1C(=O)[C@@H]2CCC=C[C@@H]21. The summed E-state index contributed by atoms with van der Waals surface area (Å²) in [4.78, 5) is 24.5. The zero-order valence-electron chi connectivity index (χ0n) is 9.52. The number of esters is 1. The molecule has 88 valence electrons. The average molecular weight is 223 g/mol. The van der Waals surface area contributed by atoms with Gasteiger partial charge in [0.05, 0.1) is 12.0 Å². The third-order valence-corrected chi connectivity index (χ3v) is 3.17. The molecule has 2 aliphatic rings. The van der Waals surface area contributed by atoms with E-state index in [2.05, 4.69) is 6.08 Å². The summed E-state index contributed by atoms with van der Waals surface area (Å²) in [5, 5.41) is 0. The van der Waals surface area contributed by atoms with Crippen LogP contribution in [-0.4, -0.2) is 29.5 Å². The van der Waals surface area contributed by atoms with E-state index in [1.54, 1.807) is 4.90 Å². The number of nitrogens with zero attached hydrogens (tertiary/aromatic N) is 1. The molecule has 0 bridgehead atoms. The molecule has 4 nitrogen and oxygen atoms in total. The highest BCUT2D eigenvalue weighted by Crippen LogP contribution is 2.34. The van der Waals surface area contributed by atoms with E-state index in [9.17, 15) is 9.59 Å². The minimum Gasteiger partial charge on any atom is -0.444 e. The van der Waals surface area contributed by atoms with E-state index in [4.69, 9.17) is 4.74 Å². The minimum atomic E-state index is -0.224. The molecule has 1 heterocycles. The predicted molar refractivity (Wildman–Crippen MR) is 58.4 cm³/mol. The maximum atomic E-state index is 11.7. The smallest absolute Gasteiger partial charge is 0.307 e. The van der Waals surface area contributed by atoms with E-state index in [1.807, 2.05) is 13.0 Å². The summed E-state index contributed by atoms with van der Waals surface area (Å²) in [5.41, 5.74) is 0. The van der Waals surface area contributed by atoms with Gasteiger partial charge >= 0.3 is 5.97 Å². The number of fused-ring (bicyclic) bond motifs is 1. The van der Waals surface area contributed by atoms with Crippen molar-refractivity contribution >= 4 is 11.9 Å². The lowest BCUT2D eigenvalue weighted by molar-refractivity contribution is -0.170. The van der Waals surface area contributed by atoms with Crippen LogP contribution in [0.1, 0.15) is 32.6 Å². The molecular formula is C12H17NO3.